The van der Waals surface area contributed by atoms with Crippen molar-refractivity contribution in [3.8, 4) is 0 Å². The van der Waals surface area contributed by atoms with Gasteiger partial charge in [-0.1, -0.05) is 38.8 Å². The molecule has 0 aliphatic rings. The van der Waals surface area contributed by atoms with Gasteiger partial charge in [-0.25, -0.2) is 19.6 Å². The van der Waals surface area contributed by atoms with Crippen molar-refractivity contribution in [3.05, 3.63) is 59.2 Å². The molecule has 0 saturated carbocycles. The van der Waals surface area contributed by atoms with Gasteiger partial charge >= 0.3 is 11.9 Å². The van der Waals surface area contributed by atoms with Crippen LogP contribution in [0.2, 0.25) is 0 Å². The van der Waals surface area contributed by atoms with E-state index in [1.165, 1.54) is 0 Å². The van der Waals surface area contributed by atoms with E-state index < -0.39 is 11.9 Å². The van der Waals surface area contributed by atoms with Gasteiger partial charge in [0.05, 0.1) is 0 Å². The normalized spacial score (nSPS) is 9.56. The molecule has 7 heteroatoms. The second-order valence-electron chi connectivity index (χ2n) is 5.92. The SMILES string of the molecule is CCCCc1ccc(C(=O)O)nc1.CCCCc1ccc(C(=O)O)nc1.[Cu]. The van der Waals surface area contributed by atoms with Crippen LogP contribution in [0.3, 0.4) is 0 Å². The van der Waals surface area contributed by atoms with Gasteiger partial charge in [0.25, 0.3) is 0 Å². The predicted octanol–water partition coefficient (Wildman–Crippen LogP) is 4.24. The Morgan fingerprint density at radius 2 is 1.15 bits per heavy atom. The van der Waals surface area contributed by atoms with Gasteiger partial charge in [-0.05, 0) is 48.9 Å². The van der Waals surface area contributed by atoms with Crippen molar-refractivity contribution < 1.29 is 36.9 Å². The molecule has 0 saturated heterocycles. The number of rotatable bonds is 8. The van der Waals surface area contributed by atoms with Crippen LogP contribution >= 0.6 is 0 Å². The number of hydrogen-bond acceptors (Lipinski definition) is 4. The number of nitrogens with zero attached hydrogens (tertiary/aromatic N) is 2. The molecule has 151 valence electrons. The third-order valence-corrected chi connectivity index (χ3v) is 3.73. The van der Waals surface area contributed by atoms with Crippen LogP contribution in [0.15, 0.2) is 36.7 Å². The Kier molecular flexibility index (Phi) is 12.7. The Balaban J connectivity index is 0.000000483. The van der Waals surface area contributed by atoms with Crippen LogP contribution < -0.4 is 0 Å². The van der Waals surface area contributed by atoms with Gasteiger partial charge < -0.3 is 10.2 Å². The Morgan fingerprint density at radius 1 is 0.778 bits per heavy atom. The summed E-state index contributed by atoms with van der Waals surface area (Å²) in [5.74, 6) is -1.94. The van der Waals surface area contributed by atoms with Crippen molar-refractivity contribution in [1.29, 1.82) is 0 Å². The van der Waals surface area contributed by atoms with Crippen molar-refractivity contribution >= 4 is 11.9 Å². The molecule has 2 heterocycles. The van der Waals surface area contributed by atoms with E-state index in [1.807, 2.05) is 12.1 Å². The number of carboxylic acid groups (broad SMARTS) is 2. The van der Waals surface area contributed by atoms with E-state index in [2.05, 4.69) is 23.8 Å². The number of carboxylic acids is 2. The molecule has 0 aliphatic carbocycles. The first kappa shape index (κ1) is 24.8. The topological polar surface area (TPSA) is 100 Å². The van der Waals surface area contributed by atoms with Gasteiger partial charge in [-0.2, -0.15) is 0 Å². The number of pyridine rings is 2. The molecule has 0 aliphatic heterocycles. The van der Waals surface area contributed by atoms with Crippen LogP contribution in [0.25, 0.3) is 0 Å². The van der Waals surface area contributed by atoms with Gasteiger partial charge in [0, 0.05) is 29.5 Å². The standard InChI is InChI=1S/2C10H13NO2.Cu/c2*1-2-3-4-8-5-6-9(10(12)13)11-7-8;/h2*5-7H,2-4H2,1H3,(H,12,13);. The molecule has 1 radical (unpaired) electrons. The average Bonchev–Trinajstić information content (AvgIpc) is 2.66. The third kappa shape index (κ3) is 9.87. The fourth-order valence-electron chi connectivity index (χ4n) is 2.16. The fraction of sp³-hybridized carbons (Fsp3) is 0.400. The summed E-state index contributed by atoms with van der Waals surface area (Å²) in [5, 5.41) is 17.2. The predicted molar refractivity (Wildman–Crippen MR) is 99.6 cm³/mol. The van der Waals surface area contributed by atoms with Gasteiger partial charge in [0.15, 0.2) is 0 Å². The molecule has 2 aromatic rings. The molecule has 2 aromatic heterocycles. The molecule has 2 rings (SSSR count). The van der Waals surface area contributed by atoms with Crippen molar-refractivity contribution in [3.63, 3.8) is 0 Å². The minimum absolute atomic E-state index is 0. The largest absolute Gasteiger partial charge is 0.477 e. The monoisotopic (exact) mass is 421 g/mol. The van der Waals surface area contributed by atoms with Crippen LogP contribution in [0.1, 0.15) is 71.6 Å². The van der Waals surface area contributed by atoms with Crippen LogP contribution in [0.5, 0.6) is 0 Å². The fourth-order valence-corrected chi connectivity index (χ4v) is 2.16. The maximum atomic E-state index is 10.5. The van der Waals surface area contributed by atoms with E-state index in [0.29, 0.717) is 0 Å². The van der Waals surface area contributed by atoms with Crippen molar-refractivity contribution in [1.82, 2.24) is 9.97 Å². The third-order valence-electron chi connectivity index (χ3n) is 3.73. The summed E-state index contributed by atoms with van der Waals surface area (Å²) in [6.07, 6.45) is 9.74. The molecular weight excluding hydrogens is 396 g/mol. The molecule has 27 heavy (non-hydrogen) atoms. The molecule has 0 bridgehead atoms. The number of hydrogen-bond donors (Lipinski definition) is 2. The first-order valence-corrected chi connectivity index (χ1v) is 8.84. The van der Waals surface area contributed by atoms with Crippen LogP contribution in [-0.4, -0.2) is 32.1 Å². The van der Waals surface area contributed by atoms with Gasteiger partial charge in [0.1, 0.15) is 11.4 Å². The van der Waals surface area contributed by atoms with Gasteiger partial charge in [0.2, 0.25) is 0 Å². The van der Waals surface area contributed by atoms with Crippen molar-refractivity contribution in [2.75, 3.05) is 0 Å². The second-order valence-corrected chi connectivity index (χ2v) is 5.92. The first-order chi connectivity index (χ1) is 12.5. The Labute approximate surface area is 170 Å². The number of aromatic carboxylic acids is 2. The van der Waals surface area contributed by atoms with E-state index in [0.717, 1.165) is 49.7 Å². The summed E-state index contributed by atoms with van der Waals surface area (Å²) in [4.78, 5) is 28.6. The minimum atomic E-state index is -0.970. The summed E-state index contributed by atoms with van der Waals surface area (Å²) in [7, 11) is 0. The maximum Gasteiger partial charge on any atom is 0.354 e. The molecule has 2 N–H and O–H groups in total. The van der Waals surface area contributed by atoms with Gasteiger partial charge in [-0.15, -0.1) is 0 Å². The van der Waals surface area contributed by atoms with Crippen LogP contribution in [0.4, 0.5) is 0 Å². The van der Waals surface area contributed by atoms with E-state index in [-0.39, 0.29) is 28.5 Å². The average molecular weight is 422 g/mol. The molecule has 0 fully saturated rings. The Bertz CT molecular complexity index is 627. The van der Waals surface area contributed by atoms with E-state index in [4.69, 9.17) is 10.2 Å². The number of carbonyl (C=O) groups is 2. The Hall–Kier alpha value is -2.24. The zero-order valence-corrected chi connectivity index (χ0v) is 16.6. The van der Waals surface area contributed by atoms with Crippen molar-refractivity contribution in [2.24, 2.45) is 0 Å². The molecule has 6 nitrogen and oxygen atoms in total. The number of aromatic nitrogens is 2. The molecular formula is C20H26CuN2O4. The molecule has 0 aromatic carbocycles. The zero-order chi connectivity index (χ0) is 19.4. The first-order valence-electron chi connectivity index (χ1n) is 8.84. The van der Waals surface area contributed by atoms with Crippen LogP contribution in [-0.2, 0) is 29.9 Å². The molecule has 0 amide bonds. The molecule has 0 atom stereocenters. The number of aryl methyl sites for hydroxylation is 2. The van der Waals surface area contributed by atoms with E-state index >= 15 is 0 Å². The summed E-state index contributed by atoms with van der Waals surface area (Å²) >= 11 is 0. The maximum absolute atomic E-state index is 10.5. The summed E-state index contributed by atoms with van der Waals surface area (Å²) in [5.41, 5.74) is 2.43. The summed E-state index contributed by atoms with van der Waals surface area (Å²) < 4.78 is 0. The van der Waals surface area contributed by atoms with Gasteiger partial charge in [-0.3, -0.25) is 0 Å². The van der Waals surface area contributed by atoms with Crippen LogP contribution in [0, 0.1) is 0 Å². The van der Waals surface area contributed by atoms with E-state index in [9.17, 15) is 9.59 Å². The number of unbranched alkanes of at least 4 members (excludes halogenated alkanes) is 2. The minimum Gasteiger partial charge on any atom is -0.477 e. The van der Waals surface area contributed by atoms with Crippen molar-refractivity contribution in [2.45, 2.75) is 52.4 Å². The summed E-state index contributed by atoms with van der Waals surface area (Å²) in [6.45, 7) is 4.25. The van der Waals surface area contributed by atoms with E-state index in [1.54, 1.807) is 24.5 Å². The second kappa shape index (κ2) is 13.9. The molecule has 0 spiro atoms. The zero-order valence-electron chi connectivity index (χ0n) is 15.6. The quantitative estimate of drug-likeness (QED) is 0.618. The summed E-state index contributed by atoms with van der Waals surface area (Å²) in [6, 6.07) is 6.75. The smallest absolute Gasteiger partial charge is 0.354 e. The molecule has 0 unspecified atom stereocenters. The Morgan fingerprint density at radius 3 is 1.37 bits per heavy atom.